The van der Waals surface area contributed by atoms with Crippen LogP contribution >= 0.6 is 0 Å². The number of fused-ring (bicyclic) bond motifs is 10. The van der Waals surface area contributed by atoms with Crippen LogP contribution in [0.3, 0.4) is 0 Å². The Morgan fingerprint density at radius 2 is 0.730 bits per heavy atom. The maximum Gasteiger partial charge on any atom is 1.00 e. The molecule has 6 heteroatoms. The van der Waals surface area contributed by atoms with Gasteiger partial charge in [0.2, 0.25) is 5.52 Å². The molecule has 0 aliphatic carbocycles. The third-order valence-corrected chi connectivity index (χ3v) is 12.3. The van der Waals surface area contributed by atoms with Crippen LogP contribution in [0.1, 0.15) is 0 Å². The summed E-state index contributed by atoms with van der Waals surface area (Å²) in [5.41, 5.74) is 13.9. The molecule has 13 rings (SSSR count). The second kappa shape index (κ2) is 15.6. The fourth-order valence-corrected chi connectivity index (χ4v) is 9.52. The second-order valence-electron chi connectivity index (χ2n) is 15.8. The van der Waals surface area contributed by atoms with Crippen LogP contribution in [0.4, 0.5) is 0 Å². The number of nitrogens with zero attached hydrogens (tertiary/aromatic N) is 3. The van der Waals surface area contributed by atoms with Crippen LogP contribution in [-0.4, -0.2) is 13.7 Å². The number of aromatic amines is 1. The summed E-state index contributed by atoms with van der Waals surface area (Å²) < 4.78 is 7.18. The van der Waals surface area contributed by atoms with Gasteiger partial charge in [0.1, 0.15) is 0 Å². The average Bonchev–Trinajstić information content (AvgIpc) is 3.97. The van der Waals surface area contributed by atoms with E-state index < -0.39 is 0 Å². The SMILES string of the molecule is [Li+].[O-]c1cccc2ccc[nH+]c12.c1ccc(-n2c3ccccc3c3cc(-c4ccc5c(c4)c4ccccc4n5-c4ccc5c(c4)c4ccccc4n5-c4ccccc4)ccc32)cc1. The summed E-state index contributed by atoms with van der Waals surface area (Å²) in [6, 6.07) is 77.4. The predicted octanol–water partition coefficient (Wildman–Crippen LogP) is 10.4. The van der Waals surface area contributed by atoms with Crippen molar-refractivity contribution in [2.75, 3.05) is 0 Å². The van der Waals surface area contributed by atoms with Gasteiger partial charge in [0.05, 0.1) is 33.1 Å². The first-order valence-corrected chi connectivity index (χ1v) is 21.0. The number of hydrogen-bond donors (Lipinski definition) is 0. The Morgan fingerprint density at radius 1 is 0.317 bits per heavy atom. The maximum atomic E-state index is 11.1. The molecule has 0 spiro atoms. The number of pyridine rings is 1. The average molecular weight is 802 g/mol. The minimum Gasteiger partial charge on any atom is -0.868 e. The van der Waals surface area contributed by atoms with Gasteiger partial charge in [-0.25, -0.2) is 4.98 Å². The van der Waals surface area contributed by atoms with Crippen molar-refractivity contribution in [2.24, 2.45) is 0 Å². The second-order valence-corrected chi connectivity index (χ2v) is 15.8. The van der Waals surface area contributed by atoms with Crippen molar-refractivity contribution >= 4 is 76.3 Å². The third-order valence-electron chi connectivity index (χ3n) is 12.3. The van der Waals surface area contributed by atoms with E-state index in [2.05, 4.69) is 207 Å². The van der Waals surface area contributed by atoms with E-state index in [9.17, 15) is 5.11 Å². The molecule has 0 saturated heterocycles. The summed E-state index contributed by atoms with van der Waals surface area (Å²) in [5.74, 6) is 0.0445. The van der Waals surface area contributed by atoms with Gasteiger partial charge in [0, 0.05) is 60.8 Å². The summed E-state index contributed by atoms with van der Waals surface area (Å²) >= 11 is 0. The monoisotopic (exact) mass is 801 g/mol. The standard InChI is InChI=1S/C48H31N3.C9H7NO.Li/c1-3-13-34(14-4-1)49-43-20-10-7-17-37(43)40-29-32(23-26-46(40)49)33-24-27-47-41(30-33)38-18-8-12-22-45(38)51(47)36-25-28-48-42(31-36)39-19-9-11-21-44(39)50(48)35-15-5-2-6-16-35;11-8-5-1-3-7-4-2-6-10-9(7)8;/h1-31H;1-6,11H;/q;;+1. The summed E-state index contributed by atoms with van der Waals surface area (Å²) in [6.45, 7) is 0. The van der Waals surface area contributed by atoms with Gasteiger partial charge in [-0.3, -0.25) is 0 Å². The Balaban J connectivity index is 0.000000323. The van der Waals surface area contributed by atoms with Crippen molar-refractivity contribution in [1.29, 1.82) is 0 Å². The van der Waals surface area contributed by atoms with Crippen LogP contribution in [0.15, 0.2) is 225 Å². The fourth-order valence-electron chi connectivity index (χ4n) is 9.52. The van der Waals surface area contributed by atoms with Gasteiger partial charge in [-0.05, 0) is 114 Å². The van der Waals surface area contributed by atoms with Crippen molar-refractivity contribution in [3.63, 3.8) is 0 Å². The number of rotatable bonds is 4. The molecule has 0 aliphatic rings. The van der Waals surface area contributed by atoms with E-state index in [0.29, 0.717) is 5.52 Å². The maximum absolute atomic E-state index is 11.1. The molecule has 5 nitrogen and oxygen atoms in total. The number of para-hydroxylation sites is 6. The topological polar surface area (TPSA) is 52.0 Å². The molecule has 292 valence electrons. The quantitative estimate of drug-likeness (QED) is 0.164. The molecule has 63 heavy (non-hydrogen) atoms. The third kappa shape index (κ3) is 6.29. The van der Waals surface area contributed by atoms with E-state index in [1.807, 2.05) is 18.2 Å². The van der Waals surface area contributed by atoms with E-state index in [4.69, 9.17) is 0 Å². The van der Waals surface area contributed by atoms with Crippen LogP contribution < -0.4 is 29.0 Å². The Kier molecular flexibility index (Phi) is 9.43. The van der Waals surface area contributed by atoms with Gasteiger partial charge >= 0.3 is 18.9 Å². The predicted molar refractivity (Wildman–Crippen MR) is 255 cm³/mol. The van der Waals surface area contributed by atoms with Crippen molar-refractivity contribution in [1.82, 2.24) is 13.7 Å². The minimum absolute atomic E-state index is 0. The van der Waals surface area contributed by atoms with E-state index in [0.717, 1.165) is 11.1 Å². The summed E-state index contributed by atoms with van der Waals surface area (Å²) in [7, 11) is 0. The largest absolute Gasteiger partial charge is 1.00 e. The smallest absolute Gasteiger partial charge is 0.868 e. The van der Waals surface area contributed by atoms with E-state index in [1.165, 1.54) is 87.9 Å². The van der Waals surface area contributed by atoms with Gasteiger partial charge in [-0.2, -0.15) is 0 Å². The fraction of sp³-hybridized carbons (Fsp3) is 0. The number of H-pyrrole nitrogens is 1. The Morgan fingerprint density at radius 3 is 1.24 bits per heavy atom. The Hall–Kier alpha value is -7.81. The number of aromatic nitrogens is 4. The zero-order valence-corrected chi connectivity index (χ0v) is 34.6. The molecular formula is C57H38LiN4O+. The first-order valence-electron chi connectivity index (χ1n) is 21.0. The zero-order chi connectivity index (χ0) is 41.1. The van der Waals surface area contributed by atoms with Crippen LogP contribution in [0.5, 0.6) is 5.75 Å². The number of nitrogens with one attached hydrogen (secondary N) is 1. The Labute approximate surface area is 375 Å². The first-order chi connectivity index (χ1) is 30.7. The molecule has 0 unspecified atom stereocenters. The molecule has 0 atom stereocenters. The van der Waals surface area contributed by atoms with Gasteiger partial charge < -0.3 is 18.8 Å². The van der Waals surface area contributed by atoms with Crippen LogP contribution in [0.2, 0.25) is 0 Å². The van der Waals surface area contributed by atoms with Crippen molar-refractivity contribution in [3.8, 4) is 33.9 Å². The Bertz CT molecular complexity index is 3820. The van der Waals surface area contributed by atoms with Gasteiger partial charge in [0.15, 0.2) is 6.20 Å². The summed E-state index contributed by atoms with van der Waals surface area (Å²) in [6.07, 6.45) is 1.75. The normalized spacial score (nSPS) is 11.4. The summed E-state index contributed by atoms with van der Waals surface area (Å²) in [5, 5.41) is 19.6. The van der Waals surface area contributed by atoms with E-state index in [1.54, 1.807) is 18.3 Å². The van der Waals surface area contributed by atoms with Crippen molar-refractivity contribution in [2.45, 2.75) is 0 Å². The molecule has 4 aromatic heterocycles. The molecule has 0 fully saturated rings. The van der Waals surface area contributed by atoms with Crippen LogP contribution in [-0.2, 0) is 0 Å². The van der Waals surface area contributed by atoms with Gasteiger partial charge in [-0.1, -0.05) is 115 Å². The minimum atomic E-state index is 0. The molecule has 9 aromatic carbocycles. The van der Waals surface area contributed by atoms with Crippen LogP contribution in [0, 0.1) is 0 Å². The number of hydrogen-bond acceptors (Lipinski definition) is 1. The van der Waals surface area contributed by atoms with Crippen molar-refractivity contribution in [3.05, 3.63) is 225 Å². The molecule has 0 aliphatic heterocycles. The number of benzene rings is 9. The first kappa shape index (κ1) is 38.1. The molecule has 4 heterocycles. The molecule has 0 saturated carbocycles. The molecular weight excluding hydrogens is 764 g/mol. The van der Waals surface area contributed by atoms with E-state index in [-0.39, 0.29) is 24.6 Å². The molecule has 0 bridgehead atoms. The van der Waals surface area contributed by atoms with Gasteiger partial charge in [-0.15, -0.1) is 0 Å². The van der Waals surface area contributed by atoms with E-state index >= 15 is 0 Å². The molecule has 13 aromatic rings. The molecule has 0 radical (unpaired) electrons. The molecule has 1 N–H and O–H groups in total. The zero-order valence-electron chi connectivity index (χ0n) is 34.6. The molecule has 0 amide bonds. The van der Waals surface area contributed by atoms with Crippen molar-refractivity contribution < 1.29 is 29.0 Å². The summed E-state index contributed by atoms with van der Waals surface area (Å²) in [4.78, 5) is 2.91. The van der Waals surface area contributed by atoms with Gasteiger partial charge in [0.25, 0.3) is 0 Å². The van der Waals surface area contributed by atoms with Crippen LogP contribution in [0.25, 0.3) is 105 Å².